The second-order valence-corrected chi connectivity index (χ2v) is 4.99. The van der Waals surface area contributed by atoms with E-state index < -0.39 is 11.7 Å². The quantitative estimate of drug-likeness (QED) is 0.513. The lowest BCUT2D eigenvalue weighted by Gasteiger charge is -2.18. The Morgan fingerprint density at radius 1 is 1.26 bits per heavy atom. The molecule has 0 fully saturated rings. The maximum Gasteiger partial charge on any atom is 0.272 e. The molecule has 2 aromatic carbocycles. The minimum atomic E-state index is -0.542. The lowest BCUT2D eigenvalue weighted by Crippen LogP contribution is -2.37. The zero-order chi connectivity index (χ0) is 14.0. The van der Waals surface area contributed by atoms with Crippen LogP contribution in [0.3, 0.4) is 0 Å². The number of carbonyl (C=O) groups is 1. The number of anilines is 1. The summed E-state index contributed by atoms with van der Waals surface area (Å²) in [6.45, 7) is 0. The van der Waals surface area contributed by atoms with Crippen molar-refractivity contribution in [1.29, 1.82) is 0 Å². The van der Waals surface area contributed by atoms with Crippen LogP contribution < -0.4 is 10.9 Å². The first-order valence-corrected chi connectivity index (χ1v) is 6.46. The van der Waals surface area contributed by atoms with E-state index in [9.17, 15) is 9.18 Å². The molecule has 6 heteroatoms. The van der Waals surface area contributed by atoms with Gasteiger partial charge in [-0.25, -0.2) is 15.2 Å². The molecule has 98 valence electrons. The Kier molecular flexibility index (Phi) is 4.19. The van der Waals surface area contributed by atoms with Gasteiger partial charge in [0.05, 0.1) is 10.7 Å². The predicted molar refractivity (Wildman–Crippen MR) is 76.5 cm³/mol. The highest BCUT2D eigenvalue weighted by Gasteiger charge is 2.18. The zero-order valence-corrected chi connectivity index (χ0v) is 12.0. The van der Waals surface area contributed by atoms with Crippen LogP contribution in [0.15, 0.2) is 46.9 Å². The van der Waals surface area contributed by atoms with Crippen molar-refractivity contribution >= 4 is 39.1 Å². The minimum absolute atomic E-state index is 0.151. The van der Waals surface area contributed by atoms with Crippen molar-refractivity contribution in [3.05, 3.63) is 63.3 Å². The summed E-state index contributed by atoms with van der Waals surface area (Å²) in [5, 5.41) is 1.21. The van der Waals surface area contributed by atoms with Crippen LogP contribution in [0.1, 0.15) is 10.4 Å². The average Bonchev–Trinajstić information content (AvgIpc) is 2.40. The number of benzene rings is 2. The van der Waals surface area contributed by atoms with Crippen LogP contribution in [0.4, 0.5) is 10.1 Å². The van der Waals surface area contributed by atoms with Crippen LogP contribution >= 0.6 is 27.5 Å². The van der Waals surface area contributed by atoms with Gasteiger partial charge in [-0.1, -0.05) is 23.7 Å². The normalized spacial score (nSPS) is 10.3. The smallest absolute Gasteiger partial charge is 0.267 e. The number of nitrogens with two attached hydrogens (primary N) is 1. The molecule has 0 aliphatic heterocycles. The number of hydrogen-bond acceptors (Lipinski definition) is 2. The van der Waals surface area contributed by atoms with E-state index in [0.717, 1.165) is 11.1 Å². The van der Waals surface area contributed by atoms with Crippen LogP contribution in [0.2, 0.25) is 5.02 Å². The Morgan fingerprint density at radius 2 is 1.95 bits per heavy atom. The van der Waals surface area contributed by atoms with Crippen LogP contribution in [-0.4, -0.2) is 5.91 Å². The Hall–Kier alpha value is -1.43. The molecule has 2 aromatic rings. The van der Waals surface area contributed by atoms with E-state index >= 15 is 0 Å². The van der Waals surface area contributed by atoms with Gasteiger partial charge in [0.1, 0.15) is 5.82 Å². The fraction of sp³-hybridized carbons (Fsp3) is 0. The van der Waals surface area contributed by atoms with Gasteiger partial charge in [0.25, 0.3) is 5.91 Å². The van der Waals surface area contributed by atoms with E-state index in [2.05, 4.69) is 15.9 Å². The van der Waals surface area contributed by atoms with Crippen LogP contribution in [0.25, 0.3) is 0 Å². The molecule has 0 aliphatic carbocycles. The number of halogens is 3. The molecule has 0 unspecified atom stereocenters. The van der Waals surface area contributed by atoms with E-state index in [4.69, 9.17) is 17.4 Å². The summed E-state index contributed by atoms with van der Waals surface area (Å²) in [7, 11) is 0. The largest absolute Gasteiger partial charge is 0.272 e. The van der Waals surface area contributed by atoms with Gasteiger partial charge in [0.15, 0.2) is 0 Å². The molecule has 0 spiro atoms. The fourth-order valence-corrected chi connectivity index (χ4v) is 2.12. The first-order valence-electron chi connectivity index (χ1n) is 5.29. The van der Waals surface area contributed by atoms with E-state index in [0.29, 0.717) is 15.2 Å². The average molecular weight is 344 g/mol. The summed E-state index contributed by atoms with van der Waals surface area (Å²) in [6, 6.07) is 10.3. The molecule has 2 N–H and O–H groups in total. The summed E-state index contributed by atoms with van der Waals surface area (Å²) in [6.07, 6.45) is 0. The highest BCUT2D eigenvalue weighted by molar-refractivity contribution is 9.10. The van der Waals surface area contributed by atoms with Gasteiger partial charge in [-0.2, -0.15) is 0 Å². The lowest BCUT2D eigenvalue weighted by molar-refractivity contribution is 0.0986. The minimum Gasteiger partial charge on any atom is -0.267 e. The second-order valence-electron chi connectivity index (χ2n) is 3.76. The Balaban J connectivity index is 2.36. The Bertz CT molecular complexity index is 636. The van der Waals surface area contributed by atoms with E-state index in [1.54, 1.807) is 18.2 Å². The summed E-state index contributed by atoms with van der Waals surface area (Å²) < 4.78 is 13.7. The van der Waals surface area contributed by atoms with E-state index in [1.165, 1.54) is 18.2 Å². The predicted octanol–water partition coefficient (Wildman–Crippen LogP) is 3.76. The molecule has 1 amide bonds. The summed E-state index contributed by atoms with van der Waals surface area (Å²) >= 11 is 9.30. The third kappa shape index (κ3) is 2.94. The molecule has 3 nitrogen and oxygen atoms in total. The highest BCUT2D eigenvalue weighted by Crippen LogP contribution is 2.32. The first kappa shape index (κ1) is 14.0. The Morgan fingerprint density at radius 3 is 2.63 bits per heavy atom. The molecule has 0 aliphatic rings. The zero-order valence-electron chi connectivity index (χ0n) is 9.61. The van der Waals surface area contributed by atoms with Gasteiger partial charge in [-0.3, -0.25) is 4.79 Å². The third-order valence-corrected chi connectivity index (χ3v) is 3.77. The van der Waals surface area contributed by atoms with Gasteiger partial charge in [-0.15, -0.1) is 0 Å². The molecule has 2 rings (SSSR count). The van der Waals surface area contributed by atoms with Crippen molar-refractivity contribution in [3.8, 4) is 0 Å². The van der Waals surface area contributed by atoms with Gasteiger partial charge < -0.3 is 0 Å². The molecular formula is C13H9BrClFN2O. The van der Waals surface area contributed by atoms with Gasteiger partial charge >= 0.3 is 0 Å². The van der Waals surface area contributed by atoms with E-state index in [1.807, 2.05) is 0 Å². The number of nitrogens with zero attached hydrogens (tertiary/aromatic N) is 1. The topological polar surface area (TPSA) is 46.3 Å². The monoisotopic (exact) mass is 342 g/mol. The number of carbonyl (C=O) groups excluding carboxylic acids is 1. The molecule has 0 aromatic heterocycles. The number of rotatable bonds is 2. The van der Waals surface area contributed by atoms with Crippen molar-refractivity contribution in [2.75, 3.05) is 5.01 Å². The van der Waals surface area contributed by atoms with Gasteiger partial charge in [0.2, 0.25) is 0 Å². The van der Waals surface area contributed by atoms with Crippen molar-refractivity contribution in [3.63, 3.8) is 0 Å². The van der Waals surface area contributed by atoms with Gasteiger partial charge in [0, 0.05) is 10.0 Å². The summed E-state index contributed by atoms with van der Waals surface area (Å²) in [4.78, 5) is 12.1. The summed E-state index contributed by atoms with van der Waals surface area (Å²) in [5.74, 6) is 4.70. The molecule has 0 saturated carbocycles. The van der Waals surface area contributed by atoms with Crippen LogP contribution in [-0.2, 0) is 0 Å². The Labute approximate surface area is 122 Å². The third-order valence-electron chi connectivity index (χ3n) is 2.48. The lowest BCUT2D eigenvalue weighted by atomic mass is 10.2. The van der Waals surface area contributed by atoms with Crippen molar-refractivity contribution in [1.82, 2.24) is 0 Å². The molecule has 0 bridgehead atoms. The van der Waals surface area contributed by atoms with Crippen LogP contribution in [0, 0.1) is 5.82 Å². The number of hydrazine groups is 1. The maximum absolute atomic E-state index is 13.1. The van der Waals surface area contributed by atoms with Crippen LogP contribution in [0.5, 0.6) is 0 Å². The SMILES string of the molecule is NN(C(=O)c1cccc(F)c1)c1cccc(Br)c1Cl. The second kappa shape index (κ2) is 5.69. The highest BCUT2D eigenvalue weighted by atomic mass is 79.9. The number of hydrogen-bond donors (Lipinski definition) is 1. The van der Waals surface area contributed by atoms with Crippen molar-refractivity contribution in [2.24, 2.45) is 5.84 Å². The van der Waals surface area contributed by atoms with E-state index in [-0.39, 0.29) is 5.56 Å². The number of amides is 1. The fourth-order valence-electron chi connectivity index (χ4n) is 1.55. The summed E-state index contributed by atoms with van der Waals surface area (Å²) in [5.41, 5.74) is 0.490. The molecule has 0 radical (unpaired) electrons. The molecule has 0 heterocycles. The van der Waals surface area contributed by atoms with Gasteiger partial charge in [-0.05, 0) is 46.3 Å². The standard InChI is InChI=1S/C13H9BrClFN2O/c14-10-5-2-6-11(12(10)15)18(17)13(19)8-3-1-4-9(16)7-8/h1-7H,17H2. The van der Waals surface area contributed by atoms with Crippen molar-refractivity contribution < 1.29 is 9.18 Å². The molecule has 0 saturated heterocycles. The molecule has 0 atom stereocenters. The first-order chi connectivity index (χ1) is 9.00. The molecular weight excluding hydrogens is 335 g/mol. The maximum atomic E-state index is 13.1. The molecule has 19 heavy (non-hydrogen) atoms. The van der Waals surface area contributed by atoms with Crippen molar-refractivity contribution in [2.45, 2.75) is 0 Å².